The van der Waals surface area contributed by atoms with Crippen molar-refractivity contribution in [3.8, 4) is 10.8 Å². The maximum Gasteiger partial charge on any atom is 0.490 e. The van der Waals surface area contributed by atoms with Gasteiger partial charge in [0.1, 0.15) is 4.88 Å². The molecule has 0 aliphatic rings. The fraction of sp³-hybridized carbons (Fsp3) is 0.375. The fourth-order valence-electron chi connectivity index (χ4n) is 0.856. The Kier molecular flexibility index (Phi) is 5.10. The van der Waals surface area contributed by atoms with E-state index in [1.54, 1.807) is 0 Å². The van der Waals surface area contributed by atoms with Gasteiger partial charge in [0.05, 0.1) is 12.2 Å². The average molecular weight is 311 g/mol. The Bertz CT molecular complexity index is 582. The van der Waals surface area contributed by atoms with Gasteiger partial charge >= 0.3 is 12.1 Å². The highest BCUT2D eigenvalue weighted by molar-refractivity contribution is 7.09. The lowest BCUT2D eigenvalue weighted by Crippen LogP contribution is -2.21. The van der Waals surface area contributed by atoms with Gasteiger partial charge in [-0.05, 0) is 18.5 Å². The van der Waals surface area contributed by atoms with E-state index in [-0.39, 0.29) is 6.54 Å². The minimum Gasteiger partial charge on any atom is -0.475 e. The fourth-order valence-corrected chi connectivity index (χ4v) is 1.43. The molecule has 0 spiro atoms. The lowest BCUT2D eigenvalue weighted by Gasteiger charge is -1.93. The van der Waals surface area contributed by atoms with Crippen LogP contribution in [0.5, 0.6) is 0 Å². The number of hydrogen-bond acceptors (Lipinski definition) is 8. The molecule has 0 amide bonds. The zero-order chi connectivity index (χ0) is 15.3. The molecule has 0 fully saturated rings. The van der Waals surface area contributed by atoms with E-state index in [0.717, 1.165) is 10.6 Å². The number of rotatable bonds is 2. The van der Waals surface area contributed by atoms with Crippen LogP contribution >= 0.6 is 11.5 Å². The summed E-state index contributed by atoms with van der Waals surface area (Å²) in [7, 11) is 0. The van der Waals surface area contributed by atoms with Gasteiger partial charge in [0, 0.05) is 0 Å². The van der Waals surface area contributed by atoms with Crippen molar-refractivity contribution < 1.29 is 27.5 Å². The predicted molar refractivity (Wildman–Crippen MR) is 59.5 cm³/mol. The highest BCUT2D eigenvalue weighted by Crippen LogP contribution is 2.23. The Morgan fingerprint density at radius 3 is 2.35 bits per heavy atom. The molecule has 2 aromatic heterocycles. The molecule has 0 atom stereocenters. The normalized spacial score (nSPS) is 10.8. The Morgan fingerprint density at radius 1 is 1.40 bits per heavy atom. The molecule has 8 nitrogen and oxygen atoms in total. The molecule has 2 heterocycles. The van der Waals surface area contributed by atoms with Gasteiger partial charge in [-0.1, -0.05) is 4.49 Å². The lowest BCUT2D eigenvalue weighted by atomic mass is 10.4. The number of carboxylic acids is 1. The summed E-state index contributed by atoms with van der Waals surface area (Å²) in [6, 6.07) is 0. The first kappa shape index (κ1) is 16.0. The monoisotopic (exact) mass is 311 g/mol. The highest BCUT2D eigenvalue weighted by atomic mass is 32.1. The van der Waals surface area contributed by atoms with Crippen LogP contribution in [0.25, 0.3) is 10.8 Å². The van der Waals surface area contributed by atoms with E-state index >= 15 is 0 Å². The summed E-state index contributed by atoms with van der Waals surface area (Å²) in [6.07, 6.45) is -5.08. The van der Waals surface area contributed by atoms with Crippen molar-refractivity contribution in [1.82, 2.24) is 19.8 Å². The van der Waals surface area contributed by atoms with E-state index in [2.05, 4.69) is 19.8 Å². The molecule has 2 rings (SSSR count). The number of carboxylic acid groups (broad SMARTS) is 1. The van der Waals surface area contributed by atoms with Crippen molar-refractivity contribution >= 4 is 17.5 Å². The number of aromatic nitrogens is 4. The number of halogens is 3. The molecule has 0 saturated carbocycles. The first-order valence-electron chi connectivity index (χ1n) is 4.87. The summed E-state index contributed by atoms with van der Waals surface area (Å²) >= 11 is 1.23. The number of nitrogens with zero attached hydrogens (tertiary/aromatic N) is 4. The van der Waals surface area contributed by atoms with Crippen molar-refractivity contribution in [1.29, 1.82) is 0 Å². The van der Waals surface area contributed by atoms with E-state index in [0.29, 0.717) is 11.8 Å². The standard InChI is InChI=1S/C6H7N5OS.C2HF3O2/c1-3-5(13-11-8-3)6-10-9-4(2-7)12-6;3-2(4,5)1(6)7/h2,7H2,1H3;(H,6,7). The number of alkyl halides is 3. The number of aryl methyl sites for hydroxylation is 1. The first-order chi connectivity index (χ1) is 9.25. The van der Waals surface area contributed by atoms with Crippen LogP contribution in [0.15, 0.2) is 4.42 Å². The summed E-state index contributed by atoms with van der Waals surface area (Å²) in [5.41, 5.74) is 6.12. The third kappa shape index (κ3) is 4.24. The van der Waals surface area contributed by atoms with Gasteiger partial charge in [0.25, 0.3) is 5.89 Å². The van der Waals surface area contributed by atoms with Crippen molar-refractivity contribution in [3.05, 3.63) is 11.6 Å². The highest BCUT2D eigenvalue weighted by Gasteiger charge is 2.38. The second-order valence-electron chi connectivity index (χ2n) is 3.20. The molecule has 110 valence electrons. The van der Waals surface area contributed by atoms with Crippen molar-refractivity contribution in [2.75, 3.05) is 0 Å². The summed E-state index contributed by atoms with van der Waals surface area (Å²) in [5, 5.41) is 18.5. The zero-order valence-electron chi connectivity index (χ0n) is 9.88. The van der Waals surface area contributed by atoms with Crippen LogP contribution in [-0.4, -0.2) is 37.0 Å². The zero-order valence-corrected chi connectivity index (χ0v) is 10.7. The average Bonchev–Trinajstić information content (AvgIpc) is 2.96. The summed E-state index contributed by atoms with van der Waals surface area (Å²) < 4.78 is 40.7. The molecule has 0 bridgehead atoms. The minimum absolute atomic E-state index is 0.248. The molecule has 3 N–H and O–H groups in total. The quantitative estimate of drug-likeness (QED) is 0.840. The SMILES string of the molecule is Cc1nnsc1-c1nnc(CN)o1.O=C(O)C(F)(F)F. The molecule has 12 heteroatoms. The Balaban J connectivity index is 0.000000246. The van der Waals surface area contributed by atoms with Gasteiger partial charge in [-0.25, -0.2) is 4.79 Å². The van der Waals surface area contributed by atoms with E-state index in [1.807, 2.05) is 6.92 Å². The van der Waals surface area contributed by atoms with Crippen LogP contribution < -0.4 is 5.73 Å². The second kappa shape index (κ2) is 6.38. The first-order valence-corrected chi connectivity index (χ1v) is 5.65. The Hall–Kier alpha value is -2.08. The molecule has 2 aromatic rings. The number of aliphatic carboxylic acids is 1. The molecular formula is C8H8F3N5O3S. The van der Waals surface area contributed by atoms with E-state index < -0.39 is 12.1 Å². The predicted octanol–water partition coefficient (Wildman–Crippen LogP) is 0.989. The van der Waals surface area contributed by atoms with E-state index in [9.17, 15) is 13.2 Å². The van der Waals surface area contributed by atoms with Crippen molar-refractivity contribution in [2.24, 2.45) is 5.73 Å². The van der Waals surface area contributed by atoms with Gasteiger partial charge in [0.2, 0.25) is 5.89 Å². The van der Waals surface area contributed by atoms with Crippen LogP contribution in [-0.2, 0) is 11.3 Å². The van der Waals surface area contributed by atoms with Crippen LogP contribution in [0.2, 0.25) is 0 Å². The van der Waals surface area contributed by atoms with E-state index in [1.165, 1.54) is 11.5 Å². The smallest absolute Gasteiger partial charge is 0.475 e. The maximum absolute atomic E-state index is 10.6. The Morgan fingerprint density at radius 2 is 2.00 bits per heavy atom. The Labute approximate surface area is 113 Å². The molecule has 0 aliphatic heterocycles. The van der Waals surface area contributed by atoms with Crippen LogP contribution in [0.3, 0.4) is 0 Å². The molecular weight excluding hydrogens is 303 g/mol. The number of hydrogen-bond donors (Lipinski definition) is 2. The van der Waals surface area contributed by atoms with Gasteiger partial charge in [-0.3, -0.25) is 0 Å². The van der Waals surface area contributed by atoms with Crippen LogP contribution in [0.1, 0.15) is 11.6 Å². The molecule has 0 saturated heterocycles. The van der Waals surface area contributed by atoms with Gasteiger partial charge in [-0.15, -0.1) is 15.3 Å². The van der Waals surface area contributed by atoms with Crippen LogP contribution in [0.4, 0.5) is 13.2 Å². The van der Waals surface area contributed by atoms with Crippen LogP contribution in [0, 0.1) is 6.92 Å². The third-order valence-electron chi connectivity index (χ3n) is 1.73. The lowest BCUT2D eigenvalue weighted by molar-refractivity contribution is -0.192. The topological polar surface area (TPSA) is 128 Å². The summed E-state index contributed by atoms with van der Waals surface area (Å²) in [4.78, 5) is 9.69. The maximum atomic E-state index is 10.6. The molecule has 20 heavy (non-hydrogen) atoms. The number of carbonyl (C=O) groups is 1. The van der Waals surface area contributed by atoms with Crippen molar-refractivity contribution in [2.45, 2.75) is 19.6 Å². The van der Waals surface area contributed by atoms with Gasteiger partial charge in [-0.2, -0.15) is 13.2 Å². The third-order valence-corrected chi connectivity index (χ3v) is 2.55. The molecule has 0 radical (unpaired) electrons. The molecule has 0 unspecified atom stereocenters. The second-order valence-corrected chi connectivity index (χ2v) is 3.95. The minimum atomic E-state index is -5.08. The van der Waals surface area contributed by atoms with Gasteiger partial charge in [0.15, 0.2) is 0 Å². The number of nitrogens with two attached hydrogens (primary N) is 1. The summed E-state index contributed by atoms with van der Waals surface area (Å²) in [6.45, 7) is 2.09. The molecule has 0 aromatic carbocycles. The molecule has 0 aliphatic carbocycles. The van der Waals surface area contributed by atoms with E-state index in [4.69, 9.17) is 20.1 Å². The van der Waals surface area contributed by atoms with Crippen molar-refractivity contribution in [3.63, 3.8) is 0 Å². The summed E-state index contributed by atoms with van der Waals surface area (Å²) in [5.74, 6) is -1.90. The largest absolute Gasteiger partial charge is 0.490 e. The van der Waals surface area contributed by atoms with Gasteiger partial charge < -0.3 is 15.3 Å².